The molecule has 16 heavy (non-hydrogen) atoms. The lowest BCUT2D eigenvalue weighted by Gasteiger charge is -2.16. The maximum Gasteiger partial charge on any atom is 0.180 e. The van der Waals surface area contributed by atoms with E-state index in [2.05, 4.69) is 15.3 Å². The van der Waals surface area contributed by atoms with E-state index in [1.54, 1.807) is 6.20 Å². The summed E-state index contributed by atoms with van der Waals surface area (Å²) in [4.78, 5) is 8.43. The van der Waals surface area contributed by atoms with Crippen LogP contribution in [0.2, 0.25) is 0 Å². The molecule has 5 nitrogen and oxygen atoms in total. The van der Waals surface area contributed by atoms with Crippen LogP contribution in [-0.4, -0.2) is 22.1 Å². The molecule has 1 rings (SSSR count). The lowest BCUT2D eigenvalue weighted by molar-refractivity contribution is 0.241. The van der Waals surface area contributed by atoms with E-state index in [-0.39, 0.29) is 12.1 Å². The molecule has 0 aromatic carbocycles. The highest BCUT2D eigenvalue weighted by atomic mass is 16.5. The maximum absolute atomic E-state index is 5.62. The van der Waals surface area contributed by atoms with E-state index in [4.69, 9.17) is 10.5 Å². The summed E-state index contributed by atoms with van der Waals surface area (Å²) in [7, 11) is 0. The zero-order valence-corrected chi connectivity index (χ0v) is 10.3. The van der Waals surface area contributed by atoms with Crippen LogP contribution in [0.4, 0.5) is 5.82 Å². The van der Waals surface area contributed by atoms with Gasteiger partial charge in [0.25, 0.3) is 0 Å². The summed E-state index contributed by atoms with van der Waals surface area (Å²) >= 11 is 0. The van der Waals surface area contributed by atoms with Crippen LogP contribution in [0.1, 0.15) is 33.5 Å². The van der Waals surface area contributed by atoms with Crippen LogP contribution in [0.25, 0.3) is 0 Å². The van der Waals surface area contributed by atoms with Gasteiger partial charge in [0, 0.05) is 6.04 Å². The highest BCUT2D eigenvalue weighted by molar-refractivity contribution is 5.49. The fourth-order valence-electron chi connectivity index (χ4n) is 1.22. The Balaban J connectivity index is 2.96. The third kappa shape index (κ3) is 3.66. The van der Waals surface area contributed by atoms with Crippen molar-refractivity contribution in [3.8, 4) is 5.75 Å². The van der Waals surface area contributed by atoms with Gasteiger partial charge in [-0.25, -0.2) is 9.97 Å². The molecule has 5 heteroatoms. The van der Waals surface area contributed by atoms with Gasteiger partial charge in [0.15, 0.2) is 11.6 Å². The molecule has 0 unspecified atom stereocenters. The van der Waals surface area contributed by atoms with E-state index in [1.807, 2.05) is 27.7 Å². The minimum atomic E-state index is 0.0973. The molecular weight excluding hydrogens is 204 g/mol. The Morgan fingerprint density at radius 1 is 1.38 bits per heavy atom. The van der Waals surface area contributed by atoms with E-state index in [0.29, 0.717) is 23.9 Å². The van der Waals surface area contributed by atoms with Crippen LogP contribution >= 0.6 is 0 Å². The van der Waals surface area contributed by atoms with Gasteiger partial charge < -0.3 is 15.8 Å². The summed E-state index contributed by atoms with van der Waals surface area (Å²) in [5, 5.41) is 3.22. The molecule has 1 aromatic heterocycles. The maximum atomic E-state index is 5.62. The highest BCUT2D eigenvalue weighted by Crippen LogP contribution is 2.22. The molecule has 0 amide bonds. The molecule has 0 radical (unpaired) electrons. The van der Waals surface area contributed by atoms with Gasteiger partial charge in [-0.05, 0) is 27.7 Å². The van der Waals surface area contributed by atoms with Crippen LogP contribution in [0.3, 0.4) is 0 Å². The van der Waals surface area contributed by atoms with Gasteiger partial charge in [-0.1, -0.05) is 0 Å². The van der Waals surface area contributed by atoms with Crippen molar-refractivity contribution >= 4 is 5.82 Å². The normalized spacial score (nSPS) is 10.9. The van der Waals surface area contributed by atoms with Crippen molar-refractivity contribution in [2.45, 2.75) is 46.4 Å². The van der Waals surface area contributed by atoms with Crippen molar-refractivity contribution < 1.29 is 4.74 Å². The standard InChI is InChI=1S/C11H20N4O/c1-7(2)14-11-9(16-8(3)4)6-13-10(5-12)15-11/h6-8H,5,12H2,1-4H3,(H,13,14,15). The number of nitrogens with zero attached hydrogens (tertiary/aromatic N) is 2. The minimum absolute atomic E-state index is 0.0973. The SMILES string of the molecule is CC(C)Nc1nc(CN)ncc1OC(C)C. The molecule has 0 aliphatic rings. The van der Waals surface area contributed by atoms with Gasteiger partial charge in [-0.15, -0.1) is 0 Å². The minimum Gasteiger partial charge on any atom is -0.486 e. The second-order valence-corrected chi connectivity index (χ2v) is 4.17. The smallest absolute Gasteiger partial charge is 0.180 e. The number of nitrogens with one attached hydrogen (secondary N) is 1. The molecule has 1 heterocycles. The van der Waals surface area contributed by atoms with Gasteiger partial charge in [0.1, 0.15) is 5.82 Å². The predicted molar refractivity (Wildman–Crippen MR) is 64.4 cm³/mol. The van der Waals surface area contributed by atoms with Gasteiger partial charge in [0.05, 0.1) is 18.8 Å². The van der Waals surface area contributed by atoms with Crippen molar-refractivity contribution in [1.82, 2.24) is 9.97 Å². The van der Waals surface area contributed by atoms with Crippen LogP contribution in [0.15, 0.2) is 6.20 Å². The van der Waals surface area contributed by atoms with Gasteiger partial charge in [-0.2, -0.15) is 0 Å². The van der Waals surface area contributed by atoms with E-state index < -0.39 is 0 Å². The Kier molecular flexibility index (Phi) is 4.49. The molecule has 0 saturated heterocycles. The molecular formula is C11H20N4O. The van der Waals surface area contributed by atoms with Gasteiger partial charge in [0.2, 0.25) is 0 Å². The molecule has 0 fully saturated rings. The average molecular weight is 224 g/mol. The average Bonchev–Trinajstić information content (AvgIpc) is 2.19. The molecule has 0 spiro atoms. The van der Waals surface area contributed by atoms with Crippen molar-refractivity contribution in [2.75, 3.05) is 5.32 Å². The Hall–Kier alpha value is -1.36. The second kappa shape index (κ2) is 5.65. The lowest BCUT2D eigenvalue weighted by atomic mass is 10.3. The summed E-state index contributed by atoms with van der Waals surface area (Å²) in [6.07, 6.45) is 1.76. The number of nitrogens with two attached hydrogens (primary N) is 1. The third-order valence-electron chi connectivity index (χ3n) is 1.78. The Labute approximate surface area is 96.4 Å². The molecule has 0 aliphatic carbocycles. The predicted octanol–water partition coefficient (Wildman–Crippen LogP) is 1.54. The topological polar surface area (TPSA) is 73.1 Å². The highest BCUT2D eigenvalue weighted by Gasteiger charge is 2.10. The first-order valence-corrected chi connectivity index (χ1v) is 5.52. The number of hydrogen-bond donors (Lipinski definition) is 2. The van der Waals surface area contributed by atoms with Crippen molar-refractivity contribution in [1.29, 1.82) is 0 Å². The molecule has 0 saturated carbocycles. The Morgan fingerprint density at radius 3 is 2.56 bits per heavy atom. The molecule has 1 aromatic rings. The summed E-state index contributed by atoms with van der Waals surface area (Å²) in [5.74, 6) is 1.99. The molecule has 3 N–H and O–H groups in total. The van der Waals surface area contributed by atoms with E-state index in [9.17, 15) is 0 Å². The van der Waals surface area contributed by atoms with Crippen molar-refractivity contribution in [3.63, 3.8) is 0 Å². The summed E-state index contributed by atoms with van der Waals surface area (Å²) in [6.45, 7) is 8.35. The first-order valence-electron chi connectivity index (χ1n) is 5.52. The Bertz CT molecular complexity index is 339. The monoisotopic (exact) mass is 224 g/mol. The zero-order valence-electron chi connectivity index (χ0n) is 10.3. The summed E-state index contributed by atoms with van der Waals surface area (Å²) in [5.41, 5.74) is 5.51. The fraction of sp³-hybridized carbons (Fsp3) is 0.636. The first-order chi connectivity index (χ1) is 7.52. The van der Waals surface area contributed by atoms with Crippen LogP contribution in [0.5, 0.6) is 5.75 Å². The second-order valence-electron chi connectivity index (χ2n) is 4.17. The quantitative estimate of drug-likeness (QED) is 0.793. The van der Waals surface area contributed by atoms with E-state index >= 15 is 0 Å². The van der Waals surface area contributed by atoms with Crippen molar-refractivity contribution in [2.24, 2.45) is 5.73 Å². The van der Waals surface area contributed by atoms with E-state index in [0.717, 1.165) is 0 Å². The third-order valence-corrected chi connectivity index (χ3v) is 1.78. The fourth-order valence-corrected chi connectivity index (χ4v) is 1.22. The molecule has 0 atom stereocenters. The van der Waals surface area contributed by atoms with Crippen molar-refractivity contribution in [3.05, 3.63) is 12.0 Å². The largest absolute Gasteiger partial charge is 0.486 e. The van der Waals surface area contributed by atoms with Gasteiger partial charge >= 0.3 is 0 Å². The number of hydrogen-bond acceptors (Lipinski definition) is 5. The summed E-state index contributed by atoms with van der Waals surface area (Å²) in [6, 6.07) is 0.287. The van der Waals surface area contributed by atoms with Crippen LogP contribution in [0, 0.1) is 0 Å². The lowest BCUT2D eigenvalue weighted by Crippen LogP contribution is -2.16. The van der Waals surface area contributed by atoms with Crippen LogP contribution in [-0.2, 0) is 6.54 Å². The summed E-state index contributed by atoms with van der Waals surface area (Å²) < 4.78 is 5.62. The molecule has 0 aliphatic heterocycles. The molecule has 0 bridgehead atoms. The number of aromatic nitrogens is 2. The Morgan fingerprint density at radius 2 is 2.06 bits per heavy atom. The van der Waals surface area contributed by atoms with Gasteiger partial charge in [-0.3, -0.25) is 0 Å². The van der Waals surface area contributed by atoms with E-state index in [1.165, 1.54) is 0 Å². The van der Waals surface area contributed by atoms with Crippen LogP contribution < -0.4 is 15.8 Å². The first kappa shape index (κ1) is 12.7. The molecule has 90 valence electrons. The number of rotatable bonds is 5. The number of anilines is 1. The zero-order chi connectivity index (χ0) is 12.1. The number of ether oxygens (including phenoxy) is 1.